The van der Waals surface area contributed by atoms with Gasteiger partial charge in [-0.1, -0.05) is 17.9 Å². The average molecular weight is 601 g/mol. The molecule has 11 nitrogen and oxygen atoms in total. The van der Waals surface area contributed by atoms with Gasteiger partial charge in [-0.05, 0) is 18.2 Å². The Bertz CT molecular complexity index is 1490. The molecule has 2 N–H and O–H groups in total. The molecule has 1 fully saturated rings. The molecule has 5 rings (SSSR count). The van der Waals surface area contributed by atoms with Gasteiger partial charge in [0.25, 0.3) is 0 Å². The molecule has 0 aliphatic carbocycles. The van der Waals surface area contributed by atoms with Crippen LogP contribution in [0.15, 0.2) is 55.8 Å². The standard InChI is InChI=1S/C24H22BrFN8O3S/c1-2-21(35)34-12-14(37-25)8-18(34)23(36)28-6-7-33-13-31-16-10-29-20(9-17(16)33)32-24-30-11-19(38-24)22-15(26)4-3-5-27-22/h2-5,9-11,13-14,18H,1,6-8,12H2,(H,28,36)(H,29,30,32)/t14-,18+/m1/s1. The number of anilines is 2. The van der Waals surface area contributed by atoms with Crippen molar-refractivity contribution in [3.8, 4) is 10.6 Å². The molecular formula is C24H22BrFN8O3S. The number of carbonyl (C=O) groups is 2. The molecule has 0 spiro atoms. The number of rotatable bonds is 9. The first-order valence-electron chi connectivity index (χ1n) is 11.6. The summed E-state index contributed by atoms with van der Waals surface area (Å²) in [5.74, 6) is -0.453. The van der Waals surface area contributed by atoms with Gasteiger partial charge in [0.05, 0.1) is 45.3 Å². The molecule has 2 amide bonds. The summed E-state index contributed by atoms with van der Waals surface area (Å²) < 4.78 is 21.1. The summed E-state index contributed by atoms with van der Waals surface area (Å²) >= 11 is 4.22. The largest absolute Gasteiger partial charge is 0.353 e. The number of aromatic nitrogens is 5. The fraction of sp³-hybridized carbons (Fsp3) is 0.250. The highest BCUT2D eigenvalue weighted by Crippen LogP contribution is 2.31. The van der Waals surface area contributed by atoms with Gasteiger partial charge in [0.2, 0.25) is 11.8 Å². The minimum absolute atomic E-state index is 0.242. The maximum Gasteiger partial charge on any atom is 0.246 e. The number of carbonyl (C=O) groups excluding carboxylic acids is 2. The number of thiazole rings is 1. The first-order chi connectivity index (χ1) is 18.5. The molecule has 1 saturated heterocycles. The smallest absolute Gasteiger partial charge is 0.246 e. The molecule has 1 aliphatic heterocycles. The monoisotopic (exact) mass is 600 g/mol. The molecule has 14 heteroatoms. The lowest BCUT2D eigenvalue weighted by Crippen LogP contribution is -2.46. The normalized spacial score (nSPS) is 17.1. The van der Waals surface area contributed by atoms with Gasteiger partial charge in [0.15, 0.2) is 5.13 Å². The Hall–Kier alpha value is -3.75. The quantitative estimate of drug-likeness (QED) is 0.280. The Morgan fingerprint density at radius 2 is 2.16 bits per heavy atom. The summed E-state index contributed by atoms with van der Waals surface area (Å²) in [5, 5.41) is 6.57. The number of nitrogens with one attached hydrogen (secondary N) is 2. The minimum Gasteiger partial charge on any atom is -0.353 e. The van der Waals surface area contributed by atoms with Crippen LogP contribution in [0.4, 0.5) is 15.3 Å². The molecule has 0 aromatic carbocycles. The third-order valence-electron chi connectivity index (χ3n) is 6.04. The van der Waals surface area contributed by atoms with Gasteiger partial charge in [-0.25, -0.2) is 19.3 Å². The van der Waals surface area contributed by atoms with E-state index in [1.165, 1.54) is 40.6 Å². The molecule has 38 heavy (non-hydrogen) atoms. The van der Waals surface area contributed by atoms with Crippen LogP contribution in [0.1, 0.15) is 6.42 Å². The Morgan fingerprint density at radius 1 is 1.29 bits per heavy atom. The molecule has 0 saturated carbocycles. The van der Waals surface area contributed by atoms with Crippen molar-refractivity contribution in [1.82, 2.24) is 34.7 Å². The van der Waals surface area contributed by atoms with E-state index in [0.717, 1.165) is 5.52 Å². The fourth-order valence-corrected chi connectivity index (χ4v) is 5.31. The first-order valence-corrected chi connectivity index (χ1v) is 13.1. The Labute approximate surface area is 229 Å². The molecular weight excluding hydrogens is 579 g/mol. The van der Waals surface area contributed by atoms with Crippen molar-refractivity contribution in [2.45, 2.75) is 25.1 Å². The number of hydrogen-bond donors (Lipinski definition) is 2. The van der Waals surface area contributed by atoms with Crippen LogP contribution in [-0.4, -0.2) is 66.5 Å². The topological polar surface area (TPSA) is 127 Å². The van der Waals surface area contributed by atoms with Crippen LogP contribution < -0.4 is 10.6 Å². The van der Waals surface area contributed by atoms with E-state index in [-0.39, 0.29) is 23.6 Å². The van der Waals surface area contributed by atoms with Gasteiger partial charge in [-0.2, -0.15) is 0 Å². The number of nitrogens with zero attached hydrogens (tertiary/aromatic N) is 6. The predicted molar refractivity (Wildman–Crippen MR) is 143 cm³/mol. The number of likely N-dealkylation sites (tertiary alicyclic amines) is 1. The Morgan fingerprint density at radius 3 is 2.95 bits per heavy atom. The van der Waals surface area contributed by atoms with Gasteiger partial charge < -0.3 is 23.9 Å². The number of fused-ring (bicyclic) bond motifs is 1. The summed E-state index contributed by atoms with van der Waals surface area (Å²) in [5.41, 5.74) is 1.74. The van der Waals surface area contributed by atoms with Crippen LogP contribution in [-0.2, 0) is 20.0 Å². The predicted octanol–water partition coefficient (Wildman–Crippen LogP) is 3.43. The summed E-state index contributed by atoms with van der Waals surface area (Å²) in [7, 11) is 0. The molecule has 0 unspecified atom stereocenters. The van der Waals surface area contributed by atoms with Gasteiger partial charge in [0, 0.05) is 44.5 Å². The average Bonchev–Trinajstić information content (AvgIpc) is 3.67. The fourth-order valence-electron chi connectivity index (χ4n) is 4.21. The van der Waals surface area contributed by atoms with E-state index in [0.29, 0.717) is 47.4 Å². The molecule has 1 aliphatic rings. The SMILES string of the molecule is C=CC(=O)N1C[C@H](OBr)C[C@H]1C(=O)NCCn1cnc2cnc(Nc3ncc(-c4ncccc4F)s3)cc21. The zero-order valence-corrected chi connectivity index (χ0v) is 22.3. The minimum atomic E-state index is -0.634. The Balaban J connectivity index is 1.23. The van der Waals surface area contributed by atoms with E-state index in [1.807, 2.05) is 10.6 Å². The van der Waals surface area contributed by atoms with Crippen molar-refractivity contribution in [3.05, 3.63) is 61.6 Å². The third-order valence-corrected chi connectivity index (χ3v) is 7.49. The van der Waals surface area contributed by atoms with Crippen LogP contribution in [0, 0.1) is 5.82 Å². The van der Waals surface area contributed by atoms with E-state index in [1.54, 1.807) is 18.7 Å². The van der Waals surface area contributed by atoms with Crippen LogP contribution >= 0.6 is 27.6 Å². The van der Waals surface area contributed by atoms with Crippen LogP contribution in [0.2, 0.25) is 0 Å². The van der Waals surface area contributed by atoms with Gasteiger partial charge >= 0.3 is 0 Å². The second-order valence-electron chi connectivity index (χ2n) is 8.43. The number of amides is 2. The van der Waals surface area contributed by atoms with Gasteiger partial charge in [-0.15, -0.1) is 0 Å². The Kier molecular flexibility index (Phi) is 7.72. The van der Waals surface area contributed by atoms with Crippen molar-refractivity contribution in [3.63, 3.8) is 0 Å². The van der Waals surface area contributed by atoms with Crippen LogP contribution in [0.5, 0.6) is 0 Å². The second-order valence-corrected chi connectivity index (χ2v) is 9.84. The second kappa shape index (κ2) is 11.3. The number of halogens is 2. The van der Waals surface area contributed by atoms with Crippen LogP contribution in [0.3, 0.4) is 0 Å². The zero-order valence-electron chi connectivity index (χ0n) is 19.9. The zero-order chi connectivity index (χ0) is 26.6. The highest BCUT2D eigenvalue weighted by molar-refractivity contribution is 9.06. The maximum atomic E-state index is 14.1. The lowest BCUT2D eigenvalue weighted by molar-refractivity contribution is -0.135. The molecule has 4 aromatic heterocycles. The van der Waals surface area contributed by atoms with E-state index in [2.05, 4.69) is 53.4 Å². The molecule has 2 atom stereocenters. The number of hydrogen-bond acceptors (Lipinski definition) is 9. The van der Waals surface area contributed by atoms with E-state index in [9.17, 15) is 14.0 Å². The summed E-state index contributed by atoms with van der Waals surface area (Å²) in [4.78, 5) is 44.2. The molecule has 5 heterocycles. The van der Waals surface area contributed by atoms with E-state index in [4.69, 9.17) is 3.83 Å². The maximum absolute atomic E-state index is 14.1. The van der Waals surface area contributed by atoms with Crippen LogP contribution in [0.25, 0.3) is 21.6 Å². The summed E-state index contributed by atoms with van der Waals surface area (Å²) in [6.07, 6.45) is 7.70. The summed E-state index contributed by atoms with van der Waals surface area (Å²) in [6, 6.07) is 4.08. The highest BCUT2D eigenvalue weighted by atomic mass is 79.9. The van der Waals surface area contributed by atoms with Gasteiger partial charge in [-0.3, -0.25) is 14.6 Å². The van der Waals surface area contributed by atoms with Crippen molar-refractivity contribution in [2.24, 2.45) is 0 Å². The first kappa shape index (κ1) is 25.9. The van der Waals surface area contributed by atoms with E-state index >= 15 is 0 Å². The molecule has 0 bridgehead atoms. The van der Waals surface area contributed by atoms with Crippen molar-refractivity contribution in [1.29, 1.82) is 0 Å². The lowest BCUT2D eigenvalue weighted by atomic mass is 10.2. The summed E-state index contributed by atoms with van der Waals surface area (Å²) in [6.45, 7) is 4.59. The van der Waals surface area contributed by atoms with Crippen molar-refractivity contribution >= 4 is 61.4 Å². The molecule has 0 radical (unpaired) electrons. The lowest BCUT2D eigenvalue weighted by Gasteiger charge is -2.22. The number of imidazole rings is 1. The molecule has 4 aromatic rings. The van der Waals surface area contributed by atoms with Crippen molar-refractivity contribution < 1.29 is 17.8 Å². The molecule has 196 valence electrons. The van der Waals surface area contributed by atoms with Crippen molar-refractivity contribution in [2.75, 3.05) is 18.4 Å². The highest BCUT2D eigenvalue weighted by Gasteiger charge is 2.39. The van der Waals surface area contributed by atoms with Gasteiger partial charge in [0.1, 0.15) is 28.9 Å². The van der Waals surface area contributed by atoms with E-state index < -0.39 is 11.9 Å². The number of pyridine rings is 2. The third kappa shape index (κ3) is 5.42.